The van der Waals surface area contributed by atoms with E-state index in [-0.39, 0.29) is 17.5 Å². The first-order valence-corrected chi connectivity index (χ1v) is 10.6. The van der Waals surface area contributed by atoms with Crippen molar-refractivity contribution in [3.63, 3.8) is 0 Å². The fourth-order valence-corrected chi connectivity index (χ4v) is 3.79. The summed E-state index contributed by atoms with van der Waals surface area (Å²) in [6, 6.07) is 10.2. The number of hydrogen-bond acceptors (Lipinski definition) is 7. The summed E-state index contributed by atoms with van der Waals surface area (Å²) in [5, 5.41) is 6.63. The molecule has 11 heteroatoms. The molecule has 0 bridgehead atoms. The Labute approximate surface area is 193 Å². The average Bonchev–Trinajstić information content (AvgIpc) is 3.33. The lowest BCUT2D eigenvalue weighted by Gasteiger charge is -2.29. The SMILES string of the molecule is COc1ccc(-c2noc(N3CCC(C(=O)Nc4cccc(C(F)(F)F)c4)CC3)n2)cc1OC. The zero-order valence-electron chi connectivity index (χ0n) is 18.6. The van der Waals surface area contributed by atoms with Crippen molar-refractivity contribution in [2.24, 2.45) is 5.92 Å². The summed E-state index contributed by atoms with van der Waals surface area (Å²) in [4.78, 5) is 18.9. The monoisotopic (exact) mass is 476 g/mol. The molecule has 1 aromatic heterocycles. The van der Waals surface area contributed by atoms with Crippen molar-refractivity contribution in [2.45, 2.75) is 19.0 Å². The number of aromatic nitrogens is 2. The van der Waals surface area contributed by atoms with E-state index >= 15 is 0 Å². The molecule has 1 N–H and O–H groups in total. The molecule has 34 heavy (non-hydrogen) atoms. The van der Waals surface area contributed by atoms with Gasteiger partial charge < -0.3 is 24.2 Å². The second-order valence-electron chi connectivity index (χ2n) is 7.80. The number of carbonyl (C=O) groups excluding carboxylic acids is 1. The predicted octanol–water partition coefficient (Wildman–Crippen LogP) is 4.63. The minimum absolute atomic E-state index is 0.124. The molecule has 2 aromatic carbocycles. The molecule has 180 valence electrons. The van der Waals surface area contributed by atoms with E-state index in [1.54, 1.807) is 25.3 Å². The van der Waals surface area contributed by atoms with E-state index in [0.29, 0.717) is 54.8 Å². The van der Waals surface area contributed by atoms with Crippen molar-refractivity contribution in [3.8, 4) is 22.9 Å². The topological polar surface area (TPSA) is 89.7 Å². The van der Waals surface area contributed by atoms with Crippen LogP contribution in [0.3, 0.4) is 0 Å². The van der Waals surface area contributed by atoms with Crippen LogP contribution in [0.5, 0.6) is 11.5 Å². The third kappa shape index (κ3) is 5.08. The zero-order valence-corrected chi connectivity index (χ0v) is 18.6. The number of benzene rings is 2. The maximum absolute atomic E-state index is 12.9. The summed E-state index contributed by atoms with van der Waals surface area (Å²) in [5.74, 6) is 0.870. The minimum Gasteiger partial charge on any atom is -0.493 e. The van der Waals surface area contributed by atoms with Crippen LogP contribution in [0.4, 0.5) is 24.9 Å². The second-order valence-corrected chi connectivity index (χ2v) is 7.80. The van der Waals surface area contributed by atoms with Gasteiger partial charge in [-0.15, -0.1) is 0 Å². The van der Waals surface area contributed by atoms with Crippen molar-refractivity contribution in [2.75, 3.05) is 37.5 Å². The lowest BCUT2D eigenvalue weighted by atomic mass is 9.96. The number of hydrogen-bond donors (Lipinski definition) is 1. The van der Waals surface area contributed by atoms with Gasteiger partial charge in [-0.3, -0.25) is 4.79 Å². The summed E-state index contributed by atoms with van der Waals surface area (Å²) < 4.78 is 54.6. The fraction of sp³-hybridized carbons (Fsp3) is 0.348. The first kappa shape index (κ1) is 23.4. The molecule has 0 spiro atoms. The average molecular weight is 476 g/mol. The summed E-state index contributed by atoms with van der Waals surface area (Å²) in [7, 11) is 3.09. The standard InChI is InChI=1S/C23H23F3N4O4/c1-32-18-7-6-15(12-19(18)33-2)20-28-22(34-29-20)30-10-8-14(9-11-30)21(31)27-17-5-3-4-16(13-17)23(24,25)26/h3-7,12-14H,8-11H2,1-2H3,(H,27,31). The number of rotatable bonds is 6. The van der Waals surface area contributed by atoms with E-state index in [1.807, 2.05) is 4.90 Å². The van der Waals surface area contributed by atoms with E-state index in [9.17, 15) is 18.0 Å². The number of methoxy groups -OCH3 is 2. The Morgan fingerprint density at radius 3 is 2.50 bits per heavy atom. The molecule has 3 aromatic rings. The smallest absolute Gasteiger partial charge is 0.416 e. The van der Waals surface area contributed by atoms with Gasteiger partial charge in [0, 0.05) is 30.3 Å². The van der Waals surface area contributed by atoms with Crippen molar-refractivity contribution in [3.05, 3.63) is 48.0 Å². The minimum atomic E-state index is -4.47. The summed E-state index contributed by atoms with van der Waals surface area (Å²) in [5.41, 5.74) is 0.0171. The van der Waals surface area contributed by atoms with Crippen LogP contribution in [0.15, 0.2) is 47.0 Å². The maximum Gasteiger partial charge on any atom is 0.416 e. The molecule has 4 rings (SSSR count). The van der Waals surface area contributed by atoms with Crippen LogP contribution in [0, 0.1) is 5.92 Å². The number of ether oxygens (including phenoxy) is 2. The number of alkyl halides is 3. The second kappa shape index (κ2) is 9.62. The van der Waals surface area contributed by atoms with E-state index in [2.05, 4.69) is 15.5 Å². The van der Waals surface area contributed by atoms with Crippen LogP contribution in [0.25, 0.3) is 11.4 Å². The van der Waals surface area contributed by atoms with Gasteiger partial charge in [-0.25, -0.2) is 0 Å². The van der Waals surface area contributed by atoms with Gasteiger partial charge in [0.1, 0.15) is 0 Å². The van der Waals surface area contributed by atoms with Gasteiger partial charge in [0.15, 0.2) is 11.5 Å². The molecule has 2 heterocycles. The van der Waals surface area contributed by atoms with Crippen molar-refractivity contribution < 1.29 is 32.0 Å². The number of nitrogens with one attached hydrogen (secondary N) is 1. The van der Waals surface area contributed by atoms with Gasteiger partial charge in [0.05, 0.1) is 19.8 Å². The maximum atomic E-state index is 12.9. The van der Waals surface area contributed by atoms with Gasteiger partial charge in [0.25, 0.3) is 0 Å². The molecule has 1 saturated heterocycles. The van der Waals surface area contributed by atoms with E-state index in [0.717, 1.165) is 12.1 Å². The van der Waals surface area contributed by atoms with Crippen molar-refractivity contribution in [1.29, 1.82) is 0 Å². The molecule has 0 atom stereocenters. The molecular formula is C23H23F3N4O4. The van der Waals surface area contributed by atoms with Crippen LogP contribution in [-0.4, -0.2) is 43.4 Å². The zero-order chi connectivity index (χ0) is 24.3. The number of nitrogens with zero attached hydrogens (tertiary/aromatic N) is 3. The molecule has 1 aliphatic rings. The fourth-order valence-electron chi connectivity index (χ4n) is 3.79. The van der Waals surface area contributed by atoms with Crippen molar-refractivity contribution >= 4 is 17.6 Å². The summed E-state index contributed by atoms with van der Waals surface area (Å²) in [6.45, 7) is 0.989. The highest BCUT2D eigenvalue weighted by atomic mass is 19.4. The van der Waals surface area contributed by atoms with Gasteiger partial charge in [-0.2, -0.15) is 18.2 Å². The molecule has 1 fully saturated rings. The van der Waals surface area contributed by atoms with Gasteiger partial charge in [0.2, 0.25) is 11.7 Å². The van der Waals surface area contributed by atoms with E-state index in [4.69, 9.17) is 14.0 Å². The Balaban J connectivity index is 1.36. The quantitative estimate of drug-likeness (QED) is 0.555. The highest BCUT2D eigenvalue weighted by Crippen LogP contribution is 2.33. The normalized spacial score (nSPS) is 14.7. The highest BCUT2D eigenvalue weighted by Gasteiger charge is 2.31. The van der Waals surface area contributed by atoms with Crippen molar-refractivity contribution in [1.82, 2.24) is 10.1 Å². The summed E-state index contributed by atoms with van der Waals surface area (Å²) in [6.07, 6.45) is -3.47. The molecule has 1 aliphatic heterocycles. The summed E-state index contributed by atoms with van der Waals surface area (Å²) >= 11 is 0. The molecule has 0 unspecified atom stereocenters. The van der Waals surface area contributed by atoms with Gasteiger partial charge >= 0.3 is 12.2 Å². The lowest BCUT2D eigenvalue weighted by Crippen LogP contribution is -2.38. The van der Waals surface area contributed by atoms with Gasteiger partial charge in [-0.1, -0.05) is 11.2 Å². The predicted molar refractivity (Wildman–Crippen MR) is 118 cm³/mol. The molecule has 0 radical (unpaired) electrons. The molecule has 0 aliphatic carbocycles. The molecule has 0 saturated carbocycles. The molecular weight excluding hydrogens is 453 g/mol. The first-order chi connectivity index (χ1) is 16.3. The Morgan fingerprint density at radius 2 is 1.82 bits per heavy atom. The highest BCUT2D eigenvalue weighted by molar-refractivity contribution is 5.92. The Morgan fingerprint density at radius 1 is 1.09 bits per heavy atom. The Hall–Kier alpha value is -3.76. The Bertz CT molecular complexity index is 1160. The molecule has 1 amide bonds. The third-order valence-electron chi connectivity index (χ3n) is 5.65. The number of amides is 1. The largest absolute Gasteiger partial charge is 0.493 e. The van der Waals surface area contributed by atoms with E-state index in [1.165, 1.54) is 19.2 Å². The van der Waals surface area contributed by atoms with Gasteiger partial charge in [-0.05, 0) is 49.2 Å². The number of halogens is 3. The Kier molecular flexibility index (Phi) is 6.62. The van der Waals surface area contributed by atoms with Crippen LogP contribution in [-0.2, 0) is 11.0 Å². The van der Waals surface area contributed by atoms with Crippen LogP contribution in [0.1, 0.15) is 18.4 Å². The van der Waals surface area contributed by atoms with E-state index < -0.39 is 11.7 Å². The molecule has 8 nitrogen and oxygen atoms in total. The van der Waals surface area contributed by atoms with Crippen LogP contribution in [0.2, 0.25) is 0 Å². The first-order valence-electron chi connectivity index (χ1n) is 10.6. The number of carbonyl (C=O) groups is 1. The van der Waals surface area contributed by atoms with Crippen LogP contribution >= 0.6 is 0 Å². The number of anilines is 2. The third-order valence-corrected chi connectivity index (χ3v) is 5.65. The number of piperidine rings is 1. The lowest BCUT2D eigenvalue weighted by molar-refractivity contribution is -0.137. The van der Waals surface area contributed by atoms with Crippen LogP contribution < -0.4 is 19.7 Å².